The first-order valence-corrected chi connectivity index (χ1v) is 9.57. The van der Waals surface area contributed by atoms with Crippen LogP contribution in [0.2, 0.25) is 0 Å². The number of carbonyl (C=O) groups is 1. The Balaban J connectivity index is 1.44. The van der Waals surface area contributed by atoms with E-state index in [4.69, 9.17) is 9.47 Å². The normalized spacial score (nSPS) is 21.6. The van der Waals surface area contributed by atoms with Gasteiger partial charge >= 0.3 is 0 Å². The van der Waals surface area contributed by atoms with E-state index in [1.165, 1.54) is 0 Å². The molecule has 2 aromatic heterocycles. The van der Waals surface area contributed by atoms with Gasteiger partial charge < -0.3 is 14.4 Å². The number of hydrogen-bond donors (Lipinski definition) is 0. The maximum Gasteiger partial charge on any atom is 0.229 e. The van der Waals surface area contributed by atoms with Crippen molar-refractivity contribution < 1.29 is 14.3 Å². The molecule has 0 bridgehead atoms. The van der Waals surface area contributed by atoms with E-state index >= 15 is 0 Å². The summed E-state index contributed by atoms with van der Waals surface area (Å²) in [6.07, 6.45) is 6.66. The molecule has 1 amide bonds. The number of carbonyl (C=O) groups excluding carboxylic acids is 1. The Kier molecular flexibility index (Phi) is 5.05. The Bertz CT molecular complexity index is 715. The average Bonchev–Trinajstić information content (AvgIpc) is 3.34. The average molecular weight is 359 g/mol. The second-order valence-electron chi connectivity index (χ2n) is 6.32. The largest absolute Gasteiger partial charge is 0.348 e. The molecule has 7 heteroatoms. The van der Waals surface area contributed by atoms with Crippen LogP contribution in [0.15, 0.2) is 29.9 Å². The molecular weight excluding hydrogens is 338 g/mol. The molecule has 4 heterocycles. The number of pyridine rings is 1. The monoisotopic (exact) mass is 359 g/mol. The number of piperidine rings is 1. The van der Waals surface area contributed by atoms with E-state index in [1.54, 1.807) is 23.7 Å². The van der Waals surface area contributed by atoms with Crippen molar-refractivity contribution in [3.63, 3.8) is 0 Å². The van der Waals surface area contributed by atoms with E-state index in [0.717, 1.165) is 42.1 Å². The molecule has 1 unspecified atom stereocenters. The van der Waals surface area contributed by atoms with Crippen LogP contribution in [-0.2, 0) is 20.7 Å². The van der Waals surface area contributed by atoms with Crippen LogP contribution in [0.1, 0.15) is 25.0 Å². The van der Waals surface area contributed by atoms with Crippen LogP contribution >= 0.6 is 11.3 Å². The fourth-order valence-corrected chi connectivity index (χ4v) is 4.23. The summed E-state index contributed by atoms with van der Waals surface area (Å²) in [6, 6.07) is 3.90. The molecule has 0 spiro atoms. The lowest BCUT2D eigenvalue weighted by Gasteiger charge is -2.38. The molecule has 2 saturated heterocycles. The van der Waals surface area contributed by atoms with Crippen molar-refractivity contribution in [2.24, 2.45) is 0 Å². The first kappa shape index (κ1) is 16.6. The zero-order valence-corrected chi connectivity index (χ0v) is 14.8. The molecule has 6 nitrogen and oxygen atoms in total. The summed E-state index contributed by atoms with van der Waals surface area (Å²) in [6.45, 7) is 2.00. The van der Waals surface area contributed by atoms with Gasteiger partial charge in [0.2, 0.25) is 5.91 Å². The van der Waals surface area contributed by atoms with Gasteiger partial charge in [0, 0.05) is 29.9 Å². The van der Waals surface area contributed by atoms with Crippen LogP contribution in [0.4, 0.5) is 0 Å². The van der Waals surface area contributed by atoms with Crippen LogP contribution in [-0.4, -0.2) is 52.9 Å². The zero-order valence-electron chi connectivity index (χ0n) is 14.0. The highest BCUT2D eigenvalue weighted by Crippen LogP contribution is 2.26. The molecule has 2 aromatic rings. The molecule has 0 radical (unpaired) electrons. The SMILES string of the molecule is O=C(Cc1csc(-c2cccnc2)n1)N1CCCCC1C1OCCO1. The highest BCUT2D eigenvalue weighted by atomic mass is 32.1. The van der Waals surface area contributed by atoms with E-state index in [1.807, 2.05) is 22.4 Å². The zero-order chi connectivity index (χ0) is 17.1. The van der Waals surface area contributed by atoms with Crippen LogP contribution in [0, 0.1) is 0 Å². The molecule has 0 saturated carbocycles. The standard InChI is InChI=1S/C18H21N3O3S/c22-16(21-7-2-1-5-15(21)18-23-8-9-24-18)10-14-12-25-17(20-14)13-4-3-6-19-11-13/h3-4,6,11-12,15,18H,1-2,5,7-10H2. The summed E-state index contributed by atoms with van der Waals surface area (Å²) in [5.74, 6) is 0.104. The second kappa shape index (κ2) is 7.59. The molecule has 2 fully saturated rings. The van der Waals surface area contributed by atoms with E-state index in [2.05, 4.69) is 9.97 Å². The quantitative estimate of drug-likeness (QED) is 0.839. The van der Waals surface area contributed by atoms with Crippen molar-refractivity contribution in [3.8, 4) is 10.6 Å². The van der Waals surface area contributed by atoms with Gasteiger partial charge in [0.05, 0.1) is 31.4 Å². The first-order chi connectivity index (χ1) is 12.3. The van der Waals surface area contributed by atoms with Crippen molar-refractivity contribution in [1.29, 1.82) is 0 Å². The summed E-state index contributed by atoms with van der Waals surface area (Å²) in [5, 5.41) is 2.86. The van der Waals surface area contributed by atoms with E-state index < -0.39 is 0 Å². The third-order valence-corrected chi connectivity index (χ3v) is 5.56. The van der Waals surface area contributed by atoms with Gasteiger partial charge in [-0.3, -0.25) is 9.78 Å². The Morgan fingerprint density at radius 2 is 2.20 bits per heavy atom. The lowest BCUT2D eigenvalue weighted by molar-refractivity contribution is -0.150. The number of hydrogen-bond acceptors (Lipinski definition) is 6. The molecule has 2 aliphatic heterocycles. The number of aromatic nitrogens is 2. The van der Waals surface area contributed by atoms with Crippen molar-refractivity contribution in [2.75, 3.05) is 19.8 Å². The third kappa shape index (κ3) is 3.73. The van der Waals surface area contributed by atoms with E-state index in [0.29, 0.717) is 19.6 Å². The first-order valence-electron chi connectivity index (χ1n) is 8.69. The lowest BCUT2D eigenvalue weighted by Crippen LogP contribution is -2.50. The minimum absolute atomic E-state index is 0.0279. The summed E-state index contributed by atoms with van der Waals surface area (Å²) in [7, 11) is 0. The highest BCUT2D eigenvalue weighted by molar-refractivity contribution is 7.13. The Labute approximate surface area is 150 Å². The van der Waals surface area contributed by atoms with Gasteiger partial charge in [0.25, 0.3) is 0 Å². The topological polar surface area (TPSA) is 64.6 Å². The third-order valence-electron chi connectivity index (χ3n) is 4.62. The molecular formula is C18H21N3O3S. The smallest absolute Gasteiger partial charge is 0.229 e. The molecule has 0 aromatic carbocycles. The van der Waals surface area contributed by atoms with Gasteiger partial charge in [-0.2, -0.15) is 0 Å². The van der Waals surface area contributed by atoms with Gasteiger partial charge in [-0.05, 0) is 31.4 Å². The Hall–Kier alpha value is -1.83. The number of amides is 1. The molecule has 25 heavy (non-hydrogen) atoms. The maximum absolute atomic E-state index is 12.8. The maximum atomic E-state index is 12.8. The summed E-state index contributed by atoms with van der Waals surface area (Å²) >= 11 is 1.55. The molecule has 2 aliphatic rings. The van der Waals surface area contributed by atoms with Crippen LogP contribution < -0.4 is 0 Å². The molecule has 1 atom stereocenters. The second-order valence-corrected chi connectivity index (χ2v) is 7.18. The molecule has 0 aliphatic carbocycles. The van der Waals surface area contributed by atoms with Gasteiger partial charge in [-0.15, -0.1) is 11.3 Å². The van der Waals surface area contributed by atoms with E-state index in [9.17, 15) is 4.79 Å². The molecule has 4 rings (SSSR count). The predicted molar refractivity (Wildman–Crippen MR) is 94.1 cm³/mol. The number of ether oxygens (including phenoxy) is 2. The Morgan fingerprint density at radius 1 is 1.32 bits per heavy atom. The minimum Gasteiger partial charge on any atom is -0.348 e. The van der Waals surface area contributed by atoms with Gasteiger partial charge in [-0.25, -0.2) is 4.98 Å². The predicted octanol–water partition coefficient (Wildman–Crippen LogP) is 2.50. The van der Waals surface area contributed by atoms with Gasteiger partial charge in [-0.1, -0.05) is 0 Å². The van der Waals surface area contributed by atoms with E-state index in [-0.39, 0.29) is 18.2 Å². The van der Waals surface area contributed by atoms with Crippen molar-refractivity contribution in [1.82, 2.24) is 14.9 Å². The minimum atomic E-state index is -0.273. The number of rotatable bonds is 4. The summed E-state index contributed by atoms with van der Waals surface area (Å²) < 4.78 is 11.3. The van der Waals surface area contributed by atoms with Gasteiger partial charge in [0.15, 0.2) is 6.29 Å². The molecule has 132 valence electrons. The van der Waals surface area contributed by atoms with Crippen LogP contribution in [0.25, 0.3) is 10.6 Å². The van der Waals surface area contributed by atoms with Crippen molar-refractivity contribution in [3.05, 3.63) is 35.6 Å². The van der Waals surface area contributed by atoms with Crippen molar-refractivity contribution >= 4 is 17.2 Å². The highest BCUT2D eigenvalue weighted by Gasteiger charge is 2.36. The van der Waals surface area contributed by atoms with Crippen molar-refractivity contribution in [2.45, 2.75) is 38.0 Å². The fourth-order valence-electron chi connectivity index (χ4n) is 3.42. The van der Waals surface area contributed by atoms with Gasteiger partial charge in [0.1, 0.15) is 5.01 Å². The summed E-state index contributed by atoms with van der Waals surface area (Å²) in [5.41, 5.74) is 1.79. The summed E-state index contributed by atoms with van der Waals surface area (Å²) in [4.78, 5) is 23.5. The number of nitrogens with zero attached hydrogens (tertiary/aromatic N) is 3. The van der Waals surface area contributed by atoms with Crippen LogP contribution in [0.3, 0.4) is 0 Å². The number of thiazole rings is 1. The van der Waals surface area contributed by atoms with Crippen LogP contribution in [0.5, 0.6) is 0 Å². The lowest BCUT2D eigenvalue weighted by atomic mass is 10.0. The Morgan fingerprint density at radius 3 is 3.00 bits per heavy atom. The molecule has 0 N–H and O–H groups in total. The fraction of sp³-hybridized carbons (Fsp3) is 0.500. The number of likely N-dealkylation sites (tertiary alicyclic amines) is 1.